The fourth-order valence-electron chi connectivity index (χ4n) is 5.03. The number of fused-ring (bicyclic) bond motifs is 1. The molecule has 0 radical (unpaired) electrons. The summed E-state index contributed by atoms with van der Waals surface area (Å²) >= 11 is 0. The number of carbonyl (C=O) groups is 2. The van der Waals surface area contributed by atoms with Crippen molar-refractivity contribution in [2.24, 2.45) is 5.41 Å². The number of aryl methyl sites for hydroxylation is 1. The number of hydrogen-bond acceptors (Lipinski definition) is 10. The number of aliphatic hydroxyl groups is 3. The van der Waals surface area contributed by atoms with Crippen molar-refractivity contribution in [3.63, 3.8) is 0 Å². The van der Waals surface area contributed by atoms with Gasteiger partial charge < -0.3 is 35.6 Å². The zero-order valence-corrected chi connectivity index (χ0v) is 23.9. The van der Waals surface area contributed by atoms with E-state index in [0.29, 0.717) is 46.7 Å². The molecular formula is C29H37N7O6. The van der Waals surface area contributed by atoms with E-state index in [1.165, 1.54) is 10.5 Å². The monoisotopic (exact) mass is 579 g/mol. The maximum absolute atomic E-state index is 13.2. The average molecular weight is 580 g/mol. The van der Waals surface area contributed by atoms with Crippen molar-refractivity contribution in [1.82, 2.24) is 24.5 Å². The molecule has 0 unspecified atom stereocenters. The lowest BCUT2D eigenvalue weighted by Crippen LogP contribution is -2.43. The second-order valence-corrected chi connectivity index (χ2v) is 11.6. The maximum Gasteiger partial charge on any atom is 0.294 e. The molecule has 1 saturated heterocycles. The zero-order valence-electron chi connectivity index (χ0n) is 23.9. The number of amides is 2. The molecule has 42 heavy (non-hydrogen) atoms. The van der Waals surface area contributed by atoms with Crippen LogP contribution in [0.25, 0.3) is 11.4 Å². The largest absolute Gasteiger partial charge is 0.485 e. The Kier molecular flexibility index (Phi) is 8.55. The number of nitrogens with one attached hydrogen (secondary N) is 2. The van der Waals surface area contributed by atoms with E-state index in [1.807, 2.05) is 0 Å². The van der Waals surface area contributed by atoms with E-state index in [1.54, 1.807) is 37.5 Å². The molecule has 2 amide bonds. The molecule has 0 aromatic carbocycles. The van der Waals surface area contributed by atoms with Gasteiger partial charge in [-0.15, -0.1) is 10.2 Å². The fourth-order valence-corrected chi connectivity index (χ4v) is 5.03. The molecule has 13 nitrogen and oxygen atoms in total. The Morgan fingerprint density at radius 2 is 1.90 bits per heavy atom. The van der Waals surface area contributed by atoms with E-state index < -0.39 is 30.8 Å². The molecule has 224 valence electrons. The van der Waals surface area contributed by atoms with Crippen LogP contribution in [0.5, 0.6) is 0 Å². The lowest BCUT2D eigenvalue weighted by atomic mass is 9.83. The number of likely N-dealkylation sites (tertiary alicyclic amines) is 1. The predicted octanol–water partition coefficient (Wildman–Crippen LogP) is 1.59. The van der Waals surface area contributed by atoms with E-state index >= 15 is 0 Å². The van der Waals surface area contributed by atoms with Gasteiger partial charge in [-0.1, -0.05) is 13.8 Å². The van der Waals surface area contributed by atoms with Crippen LogP contribution in [0, 0.1) is 12.3 Å². The summed E-state index contributed by atoms with van der Waals surface area (Å²) in [7, 11) is 0. The average Bonchev–Trinajstić information content (AvgIpc) is 3.39. The SMILES string of the molecule is Cc1ncc(NC(=O)CCN2CCC(C)(C)CC2)cc1NC(=O)c1nnc2cc(C3=C[C@@H](O)[C@H](O)[C@@H](CO)O3)ccn12. The predicted molar refractivity (Wildman–Crippen MR) is 155 cm³/mol. The number of hydrogen-bond donors (Lipinski definition) is 5. The van der Waals surface area contributed by atoms with Gasteiger partial charge in [-0.2, -0.15) is 0 Å². The lowest BCUT2D eigenvalue weighted by molar-refractivity contribution is -0.116. The van der Waals surface area contributed by atoms with Gasteiger partial charge in [0.1, 0.15) is 18.0 Å². The van der Waals surface area contributed by atoms with Gasteiger partial charge in [0.05, 0.1) is 29.9 Å². The fraction of sp³-hybridized carbons (Fsp3) is 0.483. The van der Waals surface area contributed by atoms with Gasteiger partial charge in [0.2, 0.25) is 11.7 Å². The van der Waals surface area contributed by atoms with Crippen LogP contribution >= 0.6 is 0 Å². The van der Waals surface area contributed by atoms with Gasteiger partial charge in [0, 0.05) is 24.7 Å². The topological polar surface area (TPSA) is 174 Å². The van der Waals surface area contributed by atoms with Crippen molar-refractivity contribution in [2.75, 3.05) is 36.9 Å². The van der Waals surface area contributed by atoms with Gasteiger partial charge in [0.15, 0.2) is 11.8 Å². The van der Waals surface area contributed by atoms with Crippen molar-refractivity contribution in [2.45, 2.75) is 58.3 Å². The number of aliphatic hydroxyl groups excluding tert-OH is 3. The molecule has 2 aliphatic rings. The molecule has 0 spiro atoms. The Morgan fingerprint density at radius 3 is 2.64 bits per heavy atom. The number of aromatic nitrogens is 4. The normalized spacial score (nSPS) is 22.3. The molecule has 5 heterocycles. The van der Waals surface area contributed by atoms with E-state index in [4.69, 9.17) is 4.74 Å². The standard InChI is InChI=1S/C29H37N7O6/c1-17-20(13-19(15-30-17)31-25(39)5-8-35-10-6-29(2,3)7-11-35)32-28(41)27-34-33-24-12-18(4-9-36(24)27)22-14-21(38)26(40)23(16-37)42-22/h4,9,12-15,21,23,26,37-38,40H,5-8,10-11,16H2,1-3H3,(H,31,39)(H,32,41)/t21-,23-,26+/m1/s1. The van der Waals surface area contributed by atoms with Crippen LogP contribution in [0.3, 0.4) is 0 Å². The van der Waals surface area contributed by atoms with E-state index in [9.17, 15) is 24.9 Å². The molecule has 5 N–H and O–H groups in total. The van der Waals surface area contributed by atoms with Gasteiger partial charge in [-0.05, 0) is 62.5 Å². The maximum atomic E-state index is 13.2. The Hall–Kier alpha value is -3.91. The number of nitrogens with zero attached hydrogens (tertiary/aromatic N) is 5. The zero-order chi connectivity index (χ0) is 30.0. The summed E-state index contributed by atoms with van der Waals surface area (Å²) in [5.74, 6) is -0.351. The van der Waals surface area contributed by atoms with Crippen molar-refractivity contribution in [1.29, 1.82) is 0 Å². The third kappa shape index (κ3) is 6.59. The minimum absolute atomic E-state index is 0.0253. The van der Waals surface area contributed by atoms with E-state index in [2.05, 4.69) is 44.6 Å². The molecule has 5 rings (SSSR count). The summed E-state index contributed by atoms with van der Waals surface area (Å²) < 4.78 is 7.11. The van der Waals surface area contributed by atoms with Crippen molar-refractivity contribution in [3.8, 4) is 0 Å². The molecule has 1 fully saturated rings. The van der Waals surface area contributed by atoms with E-state index in [0.717, 1.165) is 25.9 Å². The summed E-state index contributed by atoms with van der Waals surface area (Å²) in [6.07, 6.45) is 3.66. The highest BCUT2D eigenvalue weighted by molar-refractivity contribution is 6.03. The van der Waals surface area contributed by atoms with Crippen LogP contribution in [0.15, 0.2) is 36.7 Å². The van der Waals surface area contributed by atoms with Crippen molar-refractivity contribution in [3.05, 3.63) is 53.8 Å². The van der Waals surface area contributed by atoms with Gasteiger partial charge in [0.25, 0.3) is 5.91 Å². The third-order valence-electron chi connectivity index (χ3n) is 7.89. The number of ether oxygens (including phenoxy) is 1. The molecule has 3 aromatic heterocycles. The molecule has 0 bridgehead atoms. The van der Waals surface area contributed by atoms with Crippen LogP contribution in [0.1, 0.15) is 55.0 Å². The quantitative estimate of drug-likeness (QED) is 0.264. The molecule has 3 atom stereocenters. The minimum atomic E-state index is -1.25. The first-order valence-corrected chi connectivity index (χ1v) is 14.0. The highest BCUT2D eigenvalue weighted by Gasteiger charge is 2.32. The van der Waals surface area contributed by atoms with Crippen molar-refractivity contribution >= 4 is 34.6 Å². The molecular weight excluding hydrogens is 542 g/mol. The van der Waals surface area contributed by atoms with Crippen LogP contribution in [0.4, 0.5) is 11.4 Å². The molecule has 0 saturated carbocycles. The molecule has 3 aromatic rings. The van der Waals surface area contributed by atoms with Gasteiger partial charge in [-0.25, -0.2) is 0 Å². The summed E-state index contributed by atoms with van der Waals surface area (Å²) in [5, 5.41) is 43.3. The summed E-state index contributed by atoms with van der Waals surface area (Å²) in [6, 6.07) is 4.92. The van der Waals surface area contributed by atoms with Crippen LogP contribution in [0.2, 0.25) is 0 Å². The molecule has 13 heteroatoms. The first kappa shape index (κ1) is 29.6. The third-order valence-corrected chi connectivity index (χ3v) is 7.89. The van der Waals surface area contributed by atoms with Gasteiger partial charge in [-0.3, -0.25) is 19.0 Å². The number of anilines is 2. The van der Waals surface area contributed by atoms with Gasteiger partial charge >= 0.3 is 0 Å². The molecule has 2 aliphatic heterocycles. The van der Waals surface area contributed by atoms with Crippen LogP contribution in [-0.4, -0.2) is 96.2 Å². The lowest BCUT2D eigenvalue weighted by Gasteiger charge is -2.36. The number of piperidine rings is 1. The Labute approximate surface area is 243 Å². The highest BCUT2D eigenvalue weighted by atomic mass is 16.5. The van der Waals surface area contributed by atoms with Crippen LogP contribution in [-0.2, 0) is 9.53 Å². The number of pyridine rings is 2. The summed E-state index contributed by atoms with van der Waals surface area (Å²) in [4.78, 5) is 32.4. The second-order valence-electron chi connectivity index (χ2n) is 11.6. The summed E-state index contributed by atoms with van der Waals surface area (Å²) in [6.45, 7) is 8.51. The van der Waals surface area contributed by atoms with E-state index in [-0.39, 0.29) is 17.5 Å². The Bertz CT molecular complexity index is 1490. The Balaban J connectivity index is 1.23. The van der Waals surface area contributed by atoms with Crippen molar-refractivity contribution < 1.29 is 29.6 Å². The van der Waals surface area contributed by atoms with Crippen LogP contribution < -0.4 is 10.6 Å². The second kappa shape index (κ2) is 12.1. The Morgan fingerprint density at radius 1 is 1.14 bits per heavy atom. The first-order valence-electron chi connectivity index (χ1n) is 14.0. The smallest absolute Gasteiger partial charge is 0.294 e. The first-order chi connectivity index (χ1) is 20.0. The molecule has 0 aliphatic carbocycles. The minimum Gasteiger partial charge on any atom is -0.485 e. The summed E-state index contributed by atoms with van der Waals surface area (Å²) in [5.41, 5.74) is 2.69. The number of carbonyl (C=O) groups excluding carboxylic acids is 2. The number of rotatable bonds is 8. The highest BCUT2D eigenvalue weighted by Crippen LogP contribution is 2.30.